The lowest BCUT2D eigenvalue weighted by Crippen LogP contribution is -2.18. The molecule has 0 saturated heterocycles. The summed E-state index contributed by atoms with van der Waals surface area (Å²) in [5.74, 6) is 0.557. The quantitative estimate of drug-likeness (QED) is 0.765. The highest BCUT2D eigenvalue weighted by atomic mass is 35.5. The Hall–Kier alpha value is -2.41. The summed E-state index contributed by atoms with van der Waals surface area (Å²) >= 11 is 5.73. The van der Waals surface area contributed by atoms with Gasteiger partial charge in [-0.05, 0) is 42.5 Å². The first-order valence-electron chi connectivity index (χ1n) is 6.84. The molecular weight excluding hydrogens is 347 g/mol. The van der Waals surface area contributed by atoms with Crippen molar-refractivity contribution in [3.8, 4) is 5.75 Å². The van der Waals surface area contributed by atoms with E-state index in [2.05, 4.69) is 5.32 Å². The first-order chi connectivity index (χ1) is 11.3. The summed E-state index contributed by atoms with van der Waals surface area (Å²) in [5.41, 5.74) is -0.861. The van der Waals surface area contributed by atoms with Crippen LogP contribution in [0.15, 0.2) is 48.5 Å². The van der Waals surface area contributed by atoms with Crippen molar-refractivity contribution in [2.75, 3.05) is 18.5 Å². The van der Waals surface area contributed by atoms with Crippen LogP contribution in [0.2, 0.25) is 5.02 Å². The van der Waals surface area contributed by atoms with E-state index in [1.54, 1.807) is 24.3 Å². The third kappa shape index (κ3) is 5.66. The van der Waals surface area contributed by atoms with Crippen molar-refractivity contribution in [1.29, 1.82) is 0 Å². The summed E-state index contributed by atoms with van der Waals surface area (Å²) in [5, 5.41) is 2.79. The Balaban J connectivity index is 1.76. The fourth-order valence-corrected chi connectivity index (χ4v) is 1.88. The van der Waals surface area contributed by atoms with Crippen molar-refractivity contribution in [2.24, 2.45) is 0 Å². The molecule has 1 N–H and O–H groups in total. The summed E-state index contributed by atoms with van der Waals surface area (Å²) in [6, 6.07) is 10.9. The summed E-state index contributed by atoms with van der Waals surface area (Å²) in [6.45, 7) is 0.0328. The van der Waals surface area contributed by atoms with Gasteiger partial charge in [-0.1, -0.05) is 17.7 Å². The average Bonchev–Trinajstić information content (AvgIpc) is 2.53. The van der Waals surface area contributed by atoms with Gasteiger partial charge in [0.15, 0.2) is 0 Å². The van der Waals surface area contributed by atoms with Gasteiger partial charge in [0.25, 0.3) is 0 Å². The molecule has 2 aromatic rings. The van der Waals surface area contributed by atoms with Gasteiger partial charge in [0.1, 0.15) is 19.0 Å². The number of carbonyl (C=O) groups is 1. The molecule has 0 bridgehead atoms. The maximum atomic E-state index is 12.6. The maximum Gasteiger partial charge on any atom is 0.416 e. The van der Waals surface area contributed by atoms with Crippen LogP contribution in [0, 0.1) is 0 Å². The van der Waals surface area contributed by atoms with Crippen LogP contribution in [0.5, 0.6) is 5.75 Å². The molecule has 0 aliphatic carbocycles. The predicted octanol–water partition coefficient (Wildman–Crippen LogP) is 4.99. The Labute approximate surface area is 141 Å². The van der Waals surface area contributed by atoms with Gasteiger partial charge in [-0.25, -0.2) is 4.79 Å². The second-order valence-electron chi connectivity index (χ2n) is 4.64. The average molecular weight is 360 g/mol. The van der Waals surface area contributed by atoms with E-state index in [0.717, 1.165) is 12.1 Å². The Morgan fingerprint density at radius 2 is 1.79 bits per heavy atom. The number of nitrogens with one attached hydrogen (secondary N) is 1. The Morgan fingerprint density at radius 3 is 2.46 bits per heavy atom. The van der Waals surface area contributed by atoms with E-state index in [0.29, 0.717) is 10.8 Å². The third-order valence-electron chi connectivity index (χ3n) is 2.84. The largest absolute Gasteiger partial charge is 0.490 e. The van der Waals surface area contributed by atoms with E-state index in [9.17, 15) is 18.0 Å². The van der Waals surface area contributed by atoms with Gasteiger partial charge in [-0.2, -0.15) is 13.2 Å². The standard InChI is InChI=1S/C16H13ClF3NO3/c17-12-4-6-14(7-5-12)23-8-9-24-15(22)21-13-3-1-2-11(10-13)16(18,19)20/h1-7,10H,8-9H2,(H,21,22). The van der Waals surface area contributed by atoms with Crippen molar-refractivity contribution >= 4 is 23.4 Å². The van der Waals surface area contributed by atoms with Gasteiger partial charge in [-0.3, -0.25) is 5.32 Å². The highest BCUT2D eigenvalue weighted by molar-refractivity contribution is 6.30. The Bertz CT molecular complexity index is 690. The molecule has 1 amide bonds. The number of ether oxygens (including phenoxy) is 2. The number of carbonyl (C=O) groups excluding carboxylic acids is 1. The smallest absolute Gasteiger partial charge is 0.416 e. The van der Waals surface area contributed by atoms with Crippen molar-refractivity contribution < 1.29 is 27.4 Å². The lowest BCUT2D eigenvalue weighted by Gasteiger charge is -2.10. The molecule has 0 spiro atoms. The van der Waals surface area contributed by atoms with Gasteiger partial charge < -0.3 is 9.47 Å². The molecule has 8 heteroatoms. The predicted molar refractivity (Wildman–Crippen MR) is 83.4 cm³/mol. The van der Waals surface area contributed by atoms with E-state index in [1.807, 2.05) is 0 Å². The molecule has 4 nitrogen and oxygen atoms in total. The maximum absolute atomic E-state index is 12.6. The molecule has 0 aliphatic rings. The molecule has 24 heavy (non-hydrogen) atoms. The monoisotopic (exact) mass is 359 g/mol. The zero-order valence-corrected chi connectivity index (χ0v) is 13.0. The number of anilines is 1. The van der Waals surface area contributed by atoms with Crippen LogP contribution in [-0.4, -0.2) is 19.3 Å². The number of benzene rings is 2. The molecule has 0 atom stereocenters. The van der Waals surface area contributed by atoms with Crippen LogP contribution in [0.1, 0.15) is 5.56 Å². The lowest BCUT2D eigenvalue weighted by molar-refractivity contribution is -0.137. The minimum Gasteiger partial charge on any atom is -0.490 e. The molecule has 0 aliphatic heterocycles. The van der Waals surface area contributed by atoms with Gasteiger partial charge >= 0.3 is 12.3 Å². The highest BCUT2D eigenvalue weighted by Gasteiger charge is 2.30. The number of rotatable bonds is 5. The van der Waals surface area contributed by atoms with E-state index < -0.39 is 17.8 Å². The molecule has 0 radical (unpaired) electrons. The van der Waals surface area contributed by atoms with Gasteiger partial charge in [0, 0.05) is 10.7 Å². The molecule has 0 heterocycles. The van der Waals surface area contributed by atoms with Crippen LogP contribution in [0.4, 0.5) is 23.7 Å². The minimum absolute atomic E-state index is 0.00607. The number of hydrogen-bond donors (Lipinski definition) is 1. The fourth-order valence-electron chi connectivity index (χ4n) is 1.75. The zero-order valence-electron chi connectivity index (χ0n) is 12.3. The van der Waals surface area contributed by atoms with Crippen molar-refractivity contribution in [3.05, 3.63) is 59.1 Å². The normalized spacial score (nSPS) is 11.0. The number of amides is 1. The molecule has 0 aromatic heterocycles. The van der Waals surface area contributed by atoms with E-state index in [1.165, 1.54) is 12.1 Å². The van der Waals surface area contributed by atoms with Crippen molar-refractivity contribution in [3.63, 3.8) is 0 Å². The van der Waals surface area contributed by atoms with Crippen LogP contribution in [-0.2, 0) is 10.9 Å². The van der Waals surface area contributed by atoms with E-state index in [4.69, 9.17) is 21.1 Å². The van der Waals surface area contributed by atoms with Crippen molar-refractivity contribution in [1.82, 2.24) is 0 Å². The molecule has 0 fully saturated rings. The highest BCUT2D eigenvalue weighted by Crippen LogP contribution is 2.30. The van der Waals surface area contributed by atoms with Gasteiger partial charge in [0.2, 0.25) is 0 Å². The van der Waals surface area contributed by atoms with Crippen LogP contribution in [0.3, 0.4) is 0 Å². The van der Waals surface area contributed by atoms with Crippen LogP contribution < -0.4 is 10.1 Å². The Morgan fingerprint density at radius 1 is 1.08 bits per heavy atom. The first-order valence-corrected chi connectivity index (χ1v) is 7.22. The fraction of sp³-hybridized carbons (Fsp3) is 0.188. The summed E-state index contributed by atoms with van der Waals surface area (Å²) in [6.07, 6.45) is -5.34. The molecule has 2 rings (SSSR count). The second-order valence-corrected chi connectivity index (χ2v) is 5.08. The van der Waals surface area contributed by atoms with Crippen LogP contribution >= 0.6 is 11.6 Å². The molecular formula is C16H13ClF3NO3. The first kappa shape index (κ1) is 17.9. The lowest BCUT2D eigenvalue weighted by atomic mass is 10.2. The van der Waals surface area contributed by atoms with E-state index >= 15 is 0 Å². The molecule has 2 aromatic carbocycles. The van der Waals surface area contributed by atoms with E-state index in [-0.39, 0.29) is 18.9 Å². The SMILES string of the molecule is O=C(Nc1cccc(C(F)(F)F)c1)OCCOc1ccc(Cl)cc1. The molecule has 0 saturated carbocycles. The zero-order chi connectivity index (χ0) is 17.6. The third-order valence-corrected chi connectivity index (χ3v) is 3.09. The number of hydrogen-bond acceptors (Lipinski definition) is 3. The van der Waals surface area contributed by atoms with Crippen molar-refractivity contribution in [2.45, 2.75) is 6.18 Å². The van der Waals surface area contributed by atoms with Gasteiger partial charge in [-0.15, -0.1) is 0 Å². The van der Waals surface area contributed by atoms with Crippen LogP contribution in [0.25, 0.3) is 0 Å². The summed E-state index contributed by atoms with van der Waals surface area (Å²) < 4.78 is 47.9. The number of alkyl halides is 3. The summed E-state index contributed by atoms with van der Waals surface area (Å²) in [4.78, 5) is 11.5. The Kier molecular flexibility index (Phi) is 5.92. The topological polar surface area (TPSA) is 47.6 Å². The second kappa shape index (κ2) is 7.92. The number of halogens is 4. The molecule has 0 unspecified atom stereocenters. The van der Waals surface area contributed by atoms with Gasteiger partial charge in [0.05, 0.1) is 5.56 Å². The minimum atomic E-state index is -4.48. The molecule has 128 valence electrons. The summed E-state index contributed by atoms with van der Waals surface area (Å²) in [7, 11) is 0.